The second kappa shape index (κ2) is 36.2. The maximum absolute atomic E-state index is 14.9. The molecule has 0 N–H and O–H groups in total. The van der Waals surface area contributed by atoms with E-state index >= 15 is 0 Å². The summed E-state index contributed by atoms with van der Waals surface area (Å²) < 4.78 is 167. The van der Waals surface area contributed by atoms with Crippen molar-refractivity contribution in [1.29, 1.82) is 0 Å². The Labute approximate surface area is 769 Å². The molecule has 0 atom stereocenters. The molecule has 0 amide bonds. The van der Waals surface area contributed by atoms with Crippen molar-refractivity contribution in [2.45, 2.75) is 168 Å². The molecule has 0 fully saturated rings. The number of rotatable bonds is 10. The molecule has 0 saturated carbocycles. The van der Waals surface area contributed by atoms with Gasteiger partial charge in [-0.1, -0.05) is 93.5 Å². The molecule has 15 nitrogen and oxygen atoms in total. The average Bonchev–Trinajstić information content (AvgIpc) is 1.59. The minimum absolute atomic E-state index is 0.0149. The van der Waals surface area contributed by atoms with Crippen LogP contribution in [0.2, 0.25) is 0 Å². The lowest BCUT2D eigenvalue weighted by atomic mass is 9.96. The highest BCUT2D eigenvalue weighted by atomic mass is 19.2. The number of aryl methyl sites for hydroxylation is 14. The highest BCUT2D eigenvalue weighted by Crippen LogP contribution is 2.46. The summed E-state index contributed by atoms with van der Waals surface area (Å²) in [7, 11) is 9.92. The van der Waals surface area contributed by atoms with E-state index in [0.717, 1.165) is 118 Å². The van der Waals surface area contributed by atoms with Crippen LogP contribution in [0.15, 0.2) is 180 Å². The minimum atomic E-state index is -0.887. The van der Waals surface area contributed by atoms with Gasteiger partial charge >= 0.3 is 0 Å². The molecule has 15 aromatic heterocycles. The maximum Gasteiger partial charge on any atom is 0.232 e. The fourth-order valence-electron chi connectivity index (χ4n) is 18.3. The normalized spacial score (nSPS) is 11.8. The van der Waals surface area contributed by atoms with Crippen molar-refractivity contribution in [3.8, 4) is 56.3 Å². The van der Waals surface area contributed by atoms with Gasteiger partial charge in [-0.2, -0.15) is 46.9 Å². The van der Waals surface area contributed by atoms with Crippen molar-refractivity contribution >= 4 is 110 Å². The summed E-state index contributed by atoms with van der Waals surface area (Å²) in [5.74, 6) is -3.45. The van der Waals surface area contributed by atoms with Gasteiger partial charge < -0.3 is 22.1 Å². The van der Waals surface area contributed by atoms with Gasteiger partial charge in [0, 0.05) is 96.9 Å². The van der Waals surface area contributed by atoms with E-state index in [1.165, 1.54) is 59.0 Å². The zero-order chi connectivity index (χ0) is 96.4. The van der Waals surface area contributed by atoms with Crippen LogP contribution in [-0.4, -0.2) is 24.9 Å². The molecule has 0 unspecified atom stereocenters. The molecular weight excluding hydrogens is 1710 g/mol. The average molecular weight is 1820 g/mol. The lowest BCUT2D eigenvalue weighted by Crippen LogP contribution is -2.31. The second-order valence-electron chi connectivity index (χ2n) is 36.9. The summed E-state index contributed by atoms with van der Waals surface area (Å²) in [6.45, 7) is 39.9. The Morgan fingerprint density at radius 2 is 0.567 bits per heavy atom. The zero-order valence-electron chi connectivity index (χ0n) is 79.8. The van der Waals surface area contributed by atoms with E-state index < -0.39 is 41.4 Å². The van der Waals surface area contributed by atoms with Crippen LogP contribution in [0, 0.1) is 122 Å². The number of halogens is 9. The fourth-order valence-corrected chi connectivity index (χ4v) is 18.3. The van der Waals surface area contributed by atoms with E-state index in [-0.39, 0.29) is 50.8 Å². The Balaban J connectivity index is 0.000000122. The Kier molecular flexibility index (Phi) is 25.2. The van der Waals surface area contributed by atoms with E-state index in [1.807, 2.05) is 131 Å². The molecule has 0 aliphatic heterocycles. The molecule has 0 aliphatic rings. The van der Waals surface area contributed by atoms with Crippen molar-refractivity contribution in [3.63, 3.8) is 0 Å². The number of pyridine rings is 10. The minimum Gasteiger partial charge on any atom is -0.437 e. The van der Waals surface area contributed by atoms with Gasteiger partial charge in [0.15, 0.2) is 58.9 Å². The predicted octanol–water partition coefficient (Wildman–Crippen LogP) is 27.3. The number of fused-ring (bicyclic) bond motifs is 15. The van der Waals surface area contributed by atoms with Gasteiger partial charge in [-0.15, -0.1) is 0 Å². The van der Waals surface area contributed by atoms with Gasteiger partial charge in [-0.3, -0.25) is 0 Å². The van der Waals surface area contributed by atoms with E-state index in [1.54, 1.807) is 26.0 Å². The summed E-state index contributed by atoms with van der Waals surface area (Å²) in [5.41, 5.74) is 25.9. The standard InChI is InChI=1S/4C22H21F2N2O.C22H22FN2O/c1-11(2)14-7-9-16(26(5)10-14)17-12(3)6-8-15-18-19(23)13(4)21(24)25-22(18)27-20(15)17;1-11(2)14-6-7-17(26(5)10-14)18-12(3)9-16(23)19-15-8-13(4)21(24)25-22(15)27-20(18)19;1-11(2)14-6-7-16(26(5)10-14)18-12(3)8-15(23)20-19-13(4)9-17(24)25-22(19)27-21(18)20;1-11(2)14-6-7-16(26(5)10-14)18-12(3)8-13(4)19-20-15(23)9-17(24)25-22(20)27-21(18)19;1-12(2)15-6-8-17(25(5)11-15)20-14(4)10-13(3)19-16-7-9-18(23)24-22(16)26-21(19)20/h4*6-11H,1-5H3;6-12H,1-5H3/q5*+1. The largest absolute Gasteiger partial charge is 0.437 e. The number of benzene rings is 5. The summed E-state index contributed by atoms with van der Waals surface area (Å²) in [6.07, 6.45) is 10.5. The first-order valence-corrected chi connectivity index (χ1v) is 44.7. The highest BCUT2D eigenvalue weighted by molar-refractivity contribution is 6.14. The summed E-state index contributed by atoms with van der Waals surface area (Å²) in [6, 6.07) is 38.5. The number of aromatic nitrogens is 10. The van der Waals surface area contributed by atoms with Crippen LogP contribution in [0.4, 0.5) is 39.5 Å². The molecule has 684 valence electrons. The van der Waals surface area contributed by atoms with Gasteiger partial charge in [-0.25, -0.2) is 40.4 Å². The van der Waals surface area contributed by atoms with Crippen LogP contribution in [0.1, 0.15) is 182 Å². The Bertz CT molecular complexity index is 8010. The molecule has 24 heteroatoms. The van der Waals surface area contributed by atoms with E-state index in [4.69, 9.17) is 22.1 Å². The first-order valence-electron chi connectivity index (χ1n) is 44.7. The van der Waals surface area contributed by atoms with Crippen LogP contribution in [0.3, 0.4) is 0 Å². The zero-order valence-corrected chi connectivity index (χ0v) is 79.8. The molecule has 15 heterocycles. The number of hydrogen-bond acceptors (Lipinski definition) is 10. The molecule has 0 spiro atoms. The molecule has 20 aromatic rings. The van der Waals surface area contributed by atoms with Crippen molar-refractivity contribution < 1.29 is 84.4 Å². The van der Waals surface area contributed by atoms with Crippen LogP contribution in [0.5, 0.6) is 0 Å². The third kappa shape index (κ3) is 16.9. The molecule has 0 radical (unpaired) electrons. The SMILES string of the molecule is Cc1cc(C)c2c(oc3nc(F)cc(F)c32)c1-c1ccc(C(C)C)c[n+]1C.Cc1cc(C)c2c(oc3nc(F)ccc32)c1-c1ccc(C(C)C)c[n+]1C.Cc1cc(F)c2c(oc3nc(F)cc(C)c32)c1-c1ccc(C(C)C)c[n+]1C.Cc1cc2c(nc1F)oc1c(-c3ccc(C(C)C)c[n+]3C)c(C)cc(F)c12.Cc1ccc2c(oc3nc(F)c(C)c(F)c32)c1-c1ccc(C(C)C)c[n+]1C. The van der Waals surface area contributed by atoms with Crippen LogP contribution < -0.4 is 22.8 Å². The van der Waals surface area contributed by atoms with E-state index in [9.17, 15) is 39.5 Å². The Hall–Kier alpha value is -14.0. The van der Waals surface area contributed by atoms with Crippen molar-refractivity contribution in [2.75, 3.05) is 0 Å². The van der Waals surface area contributed by atoms with Crippen LogP contribution >= 0.6 is 0 Å². The number of hydrogen-bond donors (Lipinski definition) is 0. The third-order valence-corrected chi connectivity index (χ3v) is 25.5. The molecular formula is C110H106F9N10O5+5. The van der Waals surface area contributed by atoms with Gasteiger partial charge in [0.25, 0.3) is 0 Å². The van der Waals surface area contributed by atoms with Crippen molar-refractivity contribution in [3.05, 3.63) is 295 Å². The molecule has 20 rings (SSSR count). The third-order valence-electron chi connectivity index (χ3n) is 25.5. The molecule has 0 saturated heterocycles. The second-order valence-corrected chi connectivity index (χ2v) is 36.9. The number of nitrogens with zero attached hydrogens (tertiary/aromatic N) is 10. The lowest BCUT2D eigenvalue weighted by molar-refractivity contribution is -0.661. The fraction of sp³-hybridized carbons (Fsp3) is 0.273. The Morgan fingerprint density at radius 1 is 0.239 bits per heavy atom. The Morgan fingerprint density at radius 3 is 1.01 bits per heavy atom. The van der Waals surface area contributed by atoms with Gasteiger partial charge in [0.1, 0.15) is 58.5 Å². The first-order chi connectivity index (χ1) is 63.5. The molecule has 0 bridgehead atoms. The molecule has 134 heavy (non-hydrogen) atoms. The summed E-state index contributed by atoms with van der Waals surface area (Å²) >= 11 is 0. The van der Waals surface area contributed by atoms with E-state index in [2.05, 4.69) is 186 Å². The molecule has 5 aromatic carbocycles. The predicted molar refractivity (Wildman–Crippen MR) is 508 cm³/mol. The highest BCUT2D eigenvalue weighted by Gasteiger charge is 2.33. The molecule has 0 aliphatic carbocycles. The van der Waals surface area contributed by atoms with Gasteiger partial charge in [-0.05, 0) is 210 Å². The topological polar surface area (TPSA) is 150 Å². The van der Waals surface area contributed by atoms with Crippen LogP contribution in [0.25, 0.3) is 167 Å². The van der Waals surface area contributed by atoms with Crippen molar-refractivity contribution in [2.24, 2.45) is 35.2 Å². The summed E-state index contributed by atoms with van der Waals surface area (Å²) in [5, 5.41) is 5.25. The monoisotopic (exact) mass is 1820 g/mol. The lowest BCUT2D eigenvalue weighted by Gasteiger charge is -2.09. The quantitative estimate of drug-likeness (QED) is 0.0735. The summed E-state index contributed by atoms with van der Waals surface area (Å²) in [4.78, 5) is 19.2. The van der Waals surface area contributed by atoms with Gasteiger partial charge in [0.05, 0.1) is 60.1 Å². The van der Waals surface area contributed by atoms with Crippen molar-refractivity contribution in [1.82, 2.24) is 24.9 Å². The maximum atomic E-state index is 14.9. The smallest absolute Gasteiger partial charge is 0.232 e. The number of furan rings is 5. The first kappa shape index (κ1) is 93.2. The van der Waals surface area contributed by atoms with E-state index in [0.29, 0.717) is 101 Å². The van der Waals surface area contributed by atoms with Gasteiger partial charge in [0.2, 0.25) is 86.8 Å². The van der Waals surface area contributed by atoms with Crippen LogP contribution in [-0.2, 0) is 35.2 Å².